The maximum absolute atomic E-state index is 12.8. The minimum Gasteiger partial charge on any atom is -0.387 e. The van der Waals surface area contributed by atoms with Crippen LogP contribution in [0.1, 0.15) is 35.4 Å². The molecule has 5 heterocycles. The highest BCUT2D eigenvalue weighted by Crippen LogP contribution is 2.42. The zero-order valence-electron chi connectivity index (χ0n) is 32.0. The van der Waals surface area contributed by atoms with Gasteiger partial charge in [0.15, 0.2) is 0 Å². The summed E-state index contributed by atoms with van der Waals surface area (Å²) in [5.41, 5.74) is 3.97. The van der Waals surface area contributed by atoms with Gasteiger partial charge in [0.1, 0.15) is 13.2 Å². The molecule has 0 unspecified atom stereocenters. The largest absolute Gasteiger partial charge is 0.387 e. The van der Waals surface area contributed by atoms with Gasteiger partial charge < -0.3 is 40.3 Å². The molecule has 57 heavy (non-hydrogen) atoms. The van der Waals surface area contributed by atoms with Gasteiger partial charge in [-0.25, -0.2) is 0 Å². The van der Waals surface area contributed by atoms with Crippen LogP contribution in [-0.4, -0.2) is 131 Å². The van der Waals surface area contributed by atoms with Gasteiger partial charge in [-0.05, 0) is 51.2 Å². The molecule has 0 spiro atoms. The van der Waals surface area contributed by atoms with Crippen LogP contribution in [0.15, 0.2) is 42.6 Å². The number of benzene rings is 1. The minimum absolute atomic E-state index is 0.0390. The Labute approximate surface area is 344 Å². The number of halogens is 2. The van der Waals surface area contributed by atoms with Gasteiger partial charge in [0.25, 0.3) is 0 Å². The quantitative estimate of drug-likeness (QED) is 0.125. The fourth-order valence-corrected chi connectivity index (χ4v) is 8.36. The SMILES string of the molecule is CN(C)C/C=C/C(=O)N1CCN(c2ccc(CCNC(=O)CCCC(=O)NCCn3ccc(-c4cc(Cl)c(Cl)c5[nH]c6c(c45)CN(C(=O)CO)CC6)n3)s2)C(=O)C1. The van der Waals surface area contributed by atoms with E-state index in [-0.39, 0.29) is 48.9 Å². The molecule has 0 bridgehead atoms. The van der Waals surface area contributed by atoms with E-state index in [4.69, 9.17) is 28.3 Å². The number of aromatic amines is 1. The number of hydrogen-bond donors (Lipinski definition) is 4. The van der Waals surface area contributed by atoms with E-state index in [0.29, 0.717) is 92.9 Å². The lowest BCUT2D eigenvalue weighted by Crippen LogP contribution is -2.51. The number of nitrogens with zero attached hydrogens (tertiary/aromatic N) is 6. The minimum atomic E-state index is -0.555. The van der Waals surface area contributed by atoms with Crippen molar-refractivity contribution in [3.05, 3.63) is 68.8 Å². The van der Waals surface area contributed by atoms with Gasteiger partial charge in [0.2, 0.25) is 29.5 Å². The number of carbonyl (C=O) groups is 5. The van der Waals surface area contributed by atoms with Gasteiger partial charge >= 0.3 is 0 Å². The highest BCUT2D eigenvalue weighted by atomic mass is 35.5. The fourth-order valence-electron chi connectivity index (χ4n) is 6.91. The van der Waals surface area contributed by atoms with E-state index >= 15 is 0 Å². The summed E-state index contributed by atoms with van der Waals surface area (Å²) >= 11 is 14.6. The number of rotatable bonds is 16. The summed E-state index contributed by atoms with van der Waals surface area (Å²) in [6.07, 6.45) is 7.16. The highest BCUT2D eigenvalue weighted by Gasteiger charge is 2.29. The monoisotopic (exact) mass is 839 g/mol. The second kappa shape index (κ2) is 19.1. The standard InChI is InChI=1S/C39H47Cl2N9O6S/c1-46(2)15-4-7-33(54)48-19-20-50(34(55)23-48)36-9-8-25(57-36)10-13-42-31(52)5-3-6-32(53)43-14-18-49-17-12-30(45-49)26-21-28(40)38(41)39-37(26)27-22-47(35(56)24-51)16-11-29(27)44-39/h4,7-9,12,17,21,44,51H,3,5-6,10-11,13-16,18-20,22-24H2,1-2H3,(H,42,52)(H,43,53)/b7-4+. The Morgan fingerprint density at radius 1 is 1.02 bits per heavy atom. The third-order valence-corrected chi connectivity index (χ3v) is 11.8. The first-order chi connectivity index (χ1) is 27.4. The van der Waals surface area contributed by atoms with Crippen molar-refractivity contribution in [3.8, 4) is 11.3 Å². The maximum atomic E-state index is 12.8. The number of thiophene rings is 1. The van der Waals surface area contributed by atoms with Gasteiger partial charge in [-0.15, -0.1) is 11.3 Å². The first-order valence-corrected chi connectivity index (χ1v) is 20.5. The average Bonchev–Trinajstić information content (AvgIpc) is 3.95. The van der Waals surface area contributed by atoms with Gasteiger partial charge in [0.05, 0.1) is 32.8 Å². The molecule has 4 N–H and O–H groups in total. The Kier molecular flexibility index (Phi) is 14.1. The Balaban J connectivity index is 0.897. The number of nitrogens with one attached hydrogen (secondary N) is 3. The lowest BCUT2D eigenvalue weighted by Gasteiger charge is -2.33. The molecule has 1 saturated heterocycles. The van der Waals surface area contributed by atoms with Crippen LogP contribution in [0, 0.1) is 0 Å². The Bertz CT molecular complexity index is 2160. The lowest BCUT2D eigenvalue weighted by molar-refractivity contribution is -0.135. The van der Waals surface area contributed by atoms with Crippen molar-refractivity contribution in [2.24, 2.45) is 0 Å². The summed E-state index contributed by atoms with van der Waals surface area (Å²) < 4.78 is 1.72. The van der Waals surface area contributed by atoms with Gasteiger partial charge in [-0.3, -0.25) is 28.7 Å². The summed E-state index contributed by atoms with van der Waals surface area (Å²) in [6.45, 7) is 3.04. The van der Waals surface area contributed by atoms with Crippen LogP contribution in [0.5, 0.6) is 0 Å². The third kappa shape index (κ3) is 10.4. The number of aliphatic hydroxyl groups excluding tert-OH is 1. The van der Waals surface area contributed by atoms with Crippen molar-refractivity contribution < 1.29 is 29.1 Å². The van der Waals surface area contributed by atoms with Crippen molar-refractivity contribution in [2.75, 3.05) is 71.4 Å². The summed E-state index contributed by atoms with van der Waals surface area (Å²) in [6, 6.07) is 7.48. The molecule has 3 aromatic heterocycles. The van der Waals surface area contributed by atoms with E-state index in [1.54, 1.807) is 31.5 Å². The summed E-state index contributed by atoms with van der Waals surface area (Å²) in [4.78, 5) is 73.8. The molecular formula is C39H47Cl2N9O6S. The van der Waals surface area contributed by atoms with Crippen molar-refractivity contribution in [3.63, 3.8) is 0 Å². The number of H-pyrrole nitrogens is 1. The molecule has 5 amide bonds. The summed E-state index contributed by atoms with van der Waals surface area (Å²) in [7, 11) is 3.84. The molecule has 2 aliphatic rings. The van der Waals surface area contributed by atoms with Crippen molar-refractivity contribution >= 4 is 80.0 Å². The second-order valence-electron chi connectivity index (χ2n) is 14.3. The fraction of sp³-hybridized carbons (Fsp3) is 0.436. The smallest absolute Gasteiger partial charge is 0.248 e. The molecule has 15 nitrogen and oxygen atoms in total. The van der Waals surface area contributed by atoms with E-state index in [0.717, 1.165) is 32.1 Å². The molecule has 18 heteroatoms. The van der Waals surface area contributed by atoms with E-state index in [2.05, 4.69) is 15.6 Å². The Morgan fingerprint density at radius 2 is 1.79 bits per heavy atom. The van der Waals surface area contributed by atoms with Gasteiger partial charge in [0, 0.05) is 104 Å². The van der Waals surface area contributed by atoms with Crippen molar-refractivity contribution in [1.29, 1.82) is 0 Å². The normalized spacial score (nSPS) is 14.6. The van der Waals surface area contributed by atoms with E-state index in [1.807, 2.05) is 43.4 Å². The van der Waals surface area contributed by atoms with Crippen LogP contribution < -0.4 is 15.5 Å². The van der Waals surface area contributed by atoms with Crippen LogP contribution in [0.2, 0.25) is 10.0 Å². The van der Waals surface area contributed by atoms with E-state index < -0.39 is 6.61 Å². The Morgan fingerprint density at radius 3 is 2.53 bits per heavy atom. The summed E-state index contributed by atoms with van der Waals surface area (Å²) in [5, 5.41) is 22.3. The van der Waals surface area contributed by atoms with Crippen LogP contribution >= 0.6 is 34.5 Å². The number of hydrogen-bond acceptors (Lipinski definition) is 9. The first kappa shape index (κ1) is 41.9. The molecule has 0 radical (unpaired) electrons. The molecule has 6 rings (SSSR count). The number of fused-ring (bicyclic) bond motifs is 3. The second-order valence-corrected chi connectivity index (χ2v) is 16.2. The maximum Gasteiger partial charge on any atom is 0.248 e. The number of anilines is 1. The van der Waals surface area contributed by atoms with Crippen LogP contribution in [0.25, 0.3) is 22.2 Å². The zero-order chi connectivity index (χ0) is 40.6. The van der Waals surface area contributed by atoms with E-state index in [1.165, 1.54) is 17.4 Å². The number of piperazine rings is 1. The van der Waals surface area contributed by atoms with Crippen LogP contribution in [0.4, 0.5) is 5.00 Å². The number of aromatic nitrogens is 3. The van der Waals surface area contributed by atoms with Crippen LogP contribution in [0.3, 0.4) is 0 Å². The topological polar surface area (TPSA) is 176 Å². The number of amides is 5. The number of aliphatic hydroxyl groups is 1. The van der Waals surface area contributed by atoms with Gasteiger partial charge in [-0.2, -0.15) is 5.10 Å². The average molecular weight is 841 g/mol. The molecule has 304 valence electrons. The highest BCUT2D eigenvalue weighted by molar-refractivity contribution is 7.16. The predicted octanol–water partition coefficient (Wildman–Crippen LogP) is 3.22. The first-order valence-electron chi connectivity index (χ1n) is 18.9. The van der Waals surface area contributed by atoms with Crippen LogP contribution in [-0.2, 0) is 49.9 Å². The van der Waals surface area contributed by atoms with Crippen molar-refractivity contribution in [2.45, 2.75) is 45.2 Å². The lowest BCUT2D eigenvalue weighted by atomic mass is 9.99. The molecular weight excluding hydrogens is 793 g/mol. The molecule has 1 aromatic carbocycles. The van der Waals surface area contributed by atoms with Crippen molar-refractivity contribution in [1.82, 2.24) is 40.1 Å². The molecule has 0 saturated carbocycles. The predicted molar refractivity (Wildman–Crippen MR) is 220 cm³/mol. The van der Waals surface area contributed by atoms with E-state index in [9.17, 15) is 29.1 Å². The molecule has 1 fully saturated rings. The van der Waals surface area contributed by atoms with Gasteiger partial charge in [-0.1, -0.05) is 29.3 Å². The molecule has 4 aromatic rings. The summed E-state index contributed by atoms with van der Waals surface area (Å²) in [5.74, 6) is -0.916. The zero-order valence-corrected chi connectivity index (χ0v) is 34.3. The number of carbonyl (C=O) groups excluding carboxylic acids is 5. The molecule has 2 aliphatic heterocycles. The third-order valence-electron chi connectivity index (χ3n) is 9.89. The molecule has 0 atom stereocenters. The molecule has 0 aliphatic carbocycles. The Hall–Kier alpha value is -4.74. The number of likely N-dealkylation sites (N-methyl/N-ethyl adjacent to an activating group) is 1.